The Balaban J connectivity index is 1.69. The number of benzene rings is 2. The predicted molar refractivity (Wildman–Crippen MR) is 158 cm³/mol. The highest BCUT2D eigenvalue weighted by molar-refractivity contribution is 5.97. The van der Waals surface area contributed by atoms with Gasteiger partial charge in [0.25, 0.3) is 0 Å². The summed E-state index contributed by atoms with van der Waals surface area (Å²) in [6.45, 7) is 9.51. The van der Waals surface area contributed by atoms with Crippen molar-refractivity contribution in [3.63, 3.8) is 0 Å². The van der Waals surface area contributed by atoms with Gasteiger partial charge in [0, 0.05) is 41.0 Å². The second-order valence-corrected chi connectivity index (χ2v) is 9.82. The van der Waals surface area contributed by atoms with Crippen LogP contribution in [0.5, 0.6) is 0 Å². The van der Waals surface area contributed by atoms with E-state index in [1.54, 1.807) is 41.2 Å². The van der Waals surface area contributed by atoms with E-state index in [9.17, 15) is 9.59 Å². The van der Waals surface area contributed by atoms with E-state index < -0.39 is 0 Å². The van der Waals surface area contributed by atoms with E-state index in [1.807, 2.05) is 57.3 Å². The number of amidine groups is 1. The van der Waals surface area contributed by atoms with E-state index in [0.29, 0.717) is 39.3 Å². The zero-order chi connectivity index (χ0) is 27.8. The van der Waals surface area contributed by atoms with Crippen molar-refractivity contribution in [1.82, 2.24) is 14.1 Å². The second-order valence-electron chi connectivity index (χ2n) is 9.82. The summed E-state index contributed by atoms with van der Waals surface area (Å²) in [5.74, 6) is 1.26. The largest absolute Gasteiger partial charge is 0.461 e. The number of aromatic amines is 1. The van der Waals surface area contributed by atoms with Crippen molar-refractivity contribution in [2.75, 3.05) is 5.32 Å². The molecular formula is C30H32N6O3. The van der Waals surface area contributed by atoms with Crippen molar-refractivity contribution in [2.24, 2.45) is 10.7 Å². The maximum atomic E-state index is 13.8. The molecule has 4 N–H and O–H groups in total. The molecule has 9 heteroatoms. The fourth-order valence-electron chi connectivity index (χ4n) is 4.91. The number of H-pyrrole nitrogens is 1. The molecule has 0 saturated heterocycles. The van der Waals surface area contributed by atoms with Gasteiger partial charge in [-0.05, 0) is 70.5 Å². The zero-order valence-electron chi connectivity index (χ0n) is 22.7. The molecule has 0 aliphatic carbocycles. The van der Waals surface area contributed by atoms with E-state index in [0.717, 1.165) is 22.7 Å². The van der Waals surface area contributed by atoms with Crippen LogP contribution in [0, 0.1) is 6.92 Å². The molecule has 39 heavy (non-hydrogen) atoms. The number of aryl methyl sites for hydroxylation is 1. The van der Waals surface area contributed by atoms with Crippen LogP contribution in [-0.4, -0.2) is 20.0 Å². The molecule has 0 aliphatic rings. The summed E-state index contributed by atoms with van der Waals surface area (Å²) in [4.78, 5) is 33.9. The summed E-state index contributed by atoms with van der Waals surface area (Å²) in [5, 5.41) is 5.98. The Morgan fingerprint density at radius 1 is 1.15 bits per heavy atom. The van der Waals surface area contributed by atoms with Gasteiger partial charge >= 0.3 is 5.69 Å². The molecule has 0 saturated carbocycles. The molecule has 0 bridgehead atoms. The van der Waals surface area contributed by atoms with Crippen LogP contribution in [0.25, 0.3) is 39.5 Å². The van der Waals surface area contributed by atoms with Gasteiger partial charge in [-0.25, -0.2) is 9.79 Å². The molecule has 200 valence electrons. The van der Waals surface area contributed by atoms with Crippen LogP contribution in [-0.2, 0) is 0 Å². The van der Waals surface area contributed by atoms with Gasteiger partial charge < -0.3 is 20.5 Å². The lowest BCUT2D eigenvalue weighted by atomic mass is 10.2. The number of imidazole rings is 1. The number of aliphatic imine (C=N–C) groups is 1. The maximum absolute atomic E-state index is 13.8. The van der Waals surface area contributed by atoms with Gasteiger partial charge in [-0.15, -0.1) is 0 Å². The topological polar surface area (TPSA) is 123 Å². The third kappa shape index (κ3) is 4.79. The third-order valence-corrected chi connectivity index (χ3v) is 6.54. The number of fused-ring (bicyclic) bond motifs is 2. The number of hydrogen-bond acceptors (Lipinski definition) is 5. The van der Waals surface area contributed by atoms with Crippen LogP contribution in [0.2, 0.25) is 0 Å². The van der Waals surface area contributed by atoms with Gasteiger partial charge in [0.15, 0.2) is 11.2 Å². The molecule has 0 fully saturated rings. The molecule has 5 aromatic rings. The number of nitrogens with one attached hydrogen (secondary N) is 2. The van der Waals surface area contributed by atoms with Crippen LogP contribution < -0.4 is 32.9 Å². The molecule has 0 unspecified atom stereocenters. The lowest BCUT2D eigenvalue weighted by Crippen LogP contribution is -2.37. The summed E-state index contributed by atoms with van der Waals surface area (Å²) < 4.78 is 9.11. The molecule has 0 amide bonds. The molecule has 3 heterocycles. The molecule has 0 radical (unpaired) electrons. The minimum absolute atomic E-state index is 0.0852. The summed E-state index contributed by atoms with van der Waals surface area (Å²) >= 11 is 0. The summed E-state index contributed by atoms with van der Waals surface area (Å²) in [6, 6.07) is 14.4. The van der Waals surface area contributed by atoms with Gasteiger partial charge in [0.1, 0.15) is 22.5 Å². The summed E-state index contributed by atoms with van der Waals surface area (Å²) in [5.41, 5.74) is 9.25. The quantitative estimate of drug-likeness (QED) is 0.238. The second kappa shape index (κ2) is 10.2. The van der Waals surface area contributed by atoms with Crippen LogP contribution in [0.3, 0.4) is 0 Å². The molecule has 0 atom stereocenters. The van der Waals surface area contributed by atoms with Crippen molar-refractivity contribution in [3.8, 4) is 5.69 Å². The van der Waals surface area contributed by atoms with Gasteiger partial charge in [-0.3, -0.25) is 13.9 Å². The molecule has 5 rings (SSSR count). The summed E-state index contributed by atoms with van der Waals surface area (Å²) in [6.07, 6.45) is 4.59. The van der Waals surface area contributed by atoms with E-state index in [2.05, 4.69) is 15.3 Å². The highest BCUT2D eigenvalue weighted by Crippen LogP contribution is 2.18. The Bertz CT molecular complexity index is 1990. The minimum Gasteiger partial charge on any atom is -0.461 e. The lowest BCUT2D eigenvalue weighted by molar-refractivity contribution is 0.561. The normalized spacial score (nSPS) is 13.6. The number of aromatic nitrogens is 3. The first kappa shape index (κ1) is 25.8. The maximum Gasteiger partial charge on any atom is 0.334 e. The van der Waals surface area contributed by atoms with Gasteiger partial charge in [0.05, 0.1) is 16.4 Å². The van der Waals surface area contributed by atoms with E-state index in [1.165, 1.54) is 6.07 Å². The molecule has 3 aromatic heterocycles. The van der Waals surface area contributed by atoms with Crippen LogP contribution in [0.1, 0.15) is 45.9 Å². The average molecular weight is 525 g/mol. The van der Waals surface area contributed by atoms with Crippen LogP contribution in [0.4, 0.5) is 5.69 Å². The van der Waals surface area contributed by atoms with Crippen molar-refractivity contribution in [1.29, 1.82) is 0 Å². The number of rotatable bonds is 5. The fourth-order valence-corrected chi connectivity index (χ4v) is 4.91. The SMILES string of the molecule is CC/C=c1/c(=C(N)\N=C(/C)Nc2ccc3c(=O)cc(C)oc3c2)n(-c2ccc3[nH]ccc3c2)c(=O)n1C(C)C. The monoisotopic (exact) mass is 524 g/mol. The lowest BCUT2D eigenvalue weighted by Gasteiger charge is -2.08. The number of nitrogens with zero attached hydrogens (tertiary/aromatic N) is 3. The van der Waals surface area contributed by atoms with Crippen molar-refractivity contribution in [3.05, 3.63) is 91.9 Å². The predicted octanol–water partition coefficient (Wildman–Crippen LogP) is 3.86. The molecule has 2 aromatic carbocycles. The van der Waals surface area contributed by atoms with Crippen molar-refractivity contribution < 1.29 is 4.42 Å². The Morgan fingerprint density at radius 3 is 2.69 bits per heavy atom. The average Bonchev–Trinajstić information content (AvgIpc) is 3.45. The first-order chi connectivity index (χ1) is 18.7. The highest BCUT2D eigenvalue weighted by Gasteiger charge is 2.17. The fraction of sp³-hybridized carbons (Fsp3) is 0.233. The molecule has 0 aliphatic heterocycles. The number of nitrogens with two attached hydrogens (primary N) is 1. The van der Waals surface area contributed by atoms with Gasteiger partial charge in [-0.1, -0.05) is 13.0 Å². The first-order valence-electron chi connectivity index (χ1n) is 13.0. The smallest absolute Gasteiger partial charge is 0.334 e. The Hall–Kier alpha value is -4.79. The third-order valence-electron chi connectivity index (χ3n) is 6.54. The number of hydrogen-bond donors (Lipinski definition) is 3. The van der Waals surface area contributed by atoms with Gasteiger partial charge in [-0.2, -0.15) is 0 Å². The standard InChI is InChI=1S/C30H32N6O3/c1-6-7-25-28(36(30(38)35(25)17(2)3)22-9-11-24-20(15-22)12-13-32-24)29(31)34-19(5)33-21-8-10-23-26(37)14-18(4)39-27(23)16-21/h7-17,32H,6,31H2,1-5H3,(H,33,34)/b25-7-,29-28+. The molecular weight excluding hydrogens is 492 g/mol. The highest BCUT2D eigenvalue weighted by atomic mass is 16.3. The van der Waals surface area contributed by atoms with E-state index >= 15 is 0 Å². The zero-order valence-corrected chi connectivity index (χ0v) is 22.7. The van der Waals surface area contributed by atoms with Crippen molar-refractivity contribution in [2.45, 2.75) is 47.1 Å². The molecule has 0 spiro atoms. The number of anilines is 1. The van der Waals surface area contributed by atoms with E-state index in [4.69, 9.17) is 10.2 Å². The Labute approximate surface area is 224 Å². The van der Waals surface area contributed by atoms with Gasteiger partial charge in [0.2, 0.25) is 0 Å². The van der Waals surface area contributed by atoms with Crippen LogP contribution >= 0.6 is 0 Å². The summed E-state index contributed by atoms with van der Waals surface area (Å²) in [7, 11) is 0. The molecule has 9 nitrogen and oxygen atoms in total. The minimum atomic E-state index is -0.182. The Morgan fingerprint density at radius 2 is 1.95 bits per heavy atom. The van der Waals surface area contributed by atoms with Crippen molar-refractivity contribution >= 4 is 45.3 Å². The Kier molecular flexibility index (Phi) is 6.74. The first-order valence-corrected chi connectivity index (χ1v) is 13.0. The van der Waals surface area contributed by atoms with E-state index in [-0.39, 0.29) is 23.0 Å². The van der Waals surface area contributed by atoms with Crippen LogP contribution in [0.15, 0.2) is 73.7 Å².